The second-order valence-corrected chi connectivity index (χ2v) is 3.94. The molecule has 0 heterocycles. The molecule has 1 aromatic carbocycles. The van der Waals surface area contributed by atoms with Gasteiger partial charge in [-0.3, -0.25) is 0 Å². The molecule has 0 radical (unpaired) electrons. The molecule has 0 aromatic heterocycles. The Morgan fingerprint density at radius 2 is 1.78 bits per heavy atom. The van der Waals surface area contributed by atoms with E-state index in [2.05, 4.69) is 30.1 Å². The number of thiol groups is 1. The van der Waals surface area contributed by atoms with Crippen molar-refractivity contribution in [2.75, 3.05) is 0 Å². The van der Waals surface area contributed by atoms with Gasteiger partial charge in [0.1, 0.15) is 0 Å². The first-order chi connectivity index (χ1) is 4.33. The molecule has 1 aromatic rings. The summed E-state index contributed by atoms with van der Waals surface area (Å²) < 4.78 is 1.35. The predicted octanol–water partition coefficient (Wildman–Crippen LogP) is 0.737. The summed E-state index contributed by atoms with van der Waals surface area (Å²) in [5.41, 5.74) is 0. The van der Waals surface area contributed by atoms with Gasteiger partial charge in [-0.25, -0.2) is 0 Å². The van der Waals surface area contributed by atoms with E-state index in [-0.39, 0.29) is 15.3 Å². The molecule has 0 fully saturated rings. The summed E-state index contributed by atoms with van der Waals surface area (Å²) in [6.07, 6.45) is 0. The molecule has 1 rings (SSSR count). The SMILES string of the molecule is C=[As]c1ccc(S)cc1. The average Bonchev–Trinajstić information content (AvgIpc) is 1.90. The first kappa shape index (κ1) is 7.11. The third-order valence-corrected chi connectivity index (χ3v) is 2.72. The summed E-state index contributed by atoms with van der Waals surface area (Å²) in [6.45, 7) is 0. The molecule has 2 heteroatoms. The Labute approximate surface area is 66.9 Å². The monoisotopic (exact) mass is 198 g/mol. The quantitative estimate of drug-likeness (QED) is 0.499. The first-order valence-electron chi connectivity index (χ1n) is 2.58. The minimum atomic E-state index is 0.137. The minimum absolute atomic E-state index is 0.137. The van der Waals surface area contributed by atoms with Crippen LogP contribution in [0.3, 0.4) is 0 Å². The molecule has 0 bridgehead atoms. The number of hydrogen-bond acceptors (Lipinski definition) is 1. The van der Waals surface area contributed by atoms with Gasteiger partial charge in [0.25, 0.3) is 0 Å². The normalized spacial score (nSPS) is 9.89. The van der Waals surface area contributed by atoms with E-state index in [0.29, 0.717) is 0 Å². The van der Waals surface area contributed by atoms with Crippen LogP contribution in [0.5, 0.6) is 0 Å². The van der Waals surface area contributed by atoms with Crippen LogP contribution >= 0.6 is 12.6 Å². The Bertz CT molecular complexity index is 203. The summed E-state index contributed by atoms with van der Waals surface area (Å²) in [5, 5.41) is 3.85. The van der Waals surface area contributed by atoms with Crippen LogP contribution in [0, 0.1) is 0 Å². The maximum atomic E-state index is 4.16. The number of benzene rings is 1. The molecule has 0 N–H and O–H groups in total. The predicted molar refractivity (Wildman–Crippen MR) is 46.2 cm³/mol. The van der Waals surface area contributed by atoms with E-state index in [4.69, 9.17) is 0 Å². The van der Waals surface area contributed by atoms with Gasteiger partial charge in [-0.05, 0) is 0 Å². The van der Waals surface area contributed by atoms with Gasteiger partial charge in [0.2, 0.25) is 0 Å². The van der Waals surface area contributed by atoms with Crippen LogP contribution in [0.2, 0.25) is 0 Å². The maximum absolute atomic E-state index is 4.16. The van der Waals surface area contributed by atoms with Crippen LogP contribution in [-0.2, 0) is 0 Å². The van der Waals surface area contributed by atoms with Crippen molar-refractivity contribution in [3.8, 4) is 0 Å². The fraction of sp³-hybridized carbons (Fsp3) is 0. The molecule has 9 heavy (non-hydrogen) atoms. The van der Waals surface area contributed by atoms with Crippen molar-refractivity contribution in [3.05, 3.63) is 24.3 Å². The molecule has 0 amide bonds. The standard InChI is InChI=1S/C7H7AsS/c1-8-6-2-4-7(9)5-3-6/h2-5,9H,1H2. The molecule has 0 atom stereocenters. The van der Waals surface area contributed by atoms with Crippen molar-refractivity contribution in [1.82, 2.24) is 0 Å². The van der Waals surface area contributed by atoms with Crippen LogP contribution in [-0.4, -0.2) is 20.6 Å². The van der Waals surface area contributed by atoms with E-state index in [1.165, 1.54) is 4.35 Å². The molecule has 0 aliphatic heterocycles. The van der Waals surface area contributed by atoms with Crippen LogP contribution < -0.4 is 4.35 Å². The summed E-state index contributed by atoms with van der Waals surface area (Å²) in [6, 6.07) is 8.16. The van der Waals surface area contributed by atoms with Gasteiger partial charge in [0, 0.05) is 0 Å². The van der Waals surface area contributed by atoms with Crippen LogP contribution in [0.15, 0.2) is 29.2 Å². The summed E-state index contributed by atoms with van der Waals surface area (Å²) >= 11 is 4.30. The van der Waals surface area contributed by atoms with Gasteiger partial charge >= 0.3 is 66.8 Å². The molecule has 0 nitrogen and oxygen atoms in total. The number of hydrogen-bond donors (Lipinski definition) is 1. The third-order valence-electron chi connectivity index (χ3n) is 1.03. The molecule has 0 aliphatic carbocycles. The third kappa shape index (κ3) is 2.00. The Morgan fingerprint density at radius 1 is 1.22 bits per heavy atom. The van der Waals surface area contributed by atoms with Crippen LogP contribution in [0.1, 0.15) is 0 Å². The average molecular weight is 198 g/mol. The molecule has 0 spiro atoms. The summed E-state index contributed by atoms with van der Waals surface area (Å²) in [5.74, 6) is 0. The zero-order valence-electron chi connectivity index (χ0n) is 4.91. The Balaban J connectivity index is 3.01. The number of rotatable bonds is 1. The molecular weight excluding hydrogens is 191 g/mol. The van der Waals surface area contributed by atoms with Crippen molar-refractivity contribution in [3.63, 3.8) is 0 Å². The van der Waals surface area contributed by atoms with Gasteiger partial charge in [-0.15, -0.1) is 0 Å². The Kier molecular flexibility index (Phi) is 2.56. The molecule has 0 unspecified atom stereocenters. The first-order valence-corrected chi connectivity index (χ1v) is 5.30. The van der Waals surface area contributed by atoms with Gasteiger partial charge in [-0.2, -0.15) is 0 Å². The van der Waals surface area contributed by atoms with E-state index in [1.54, 1.807) is 0 Å². The molecule has 0 saturated heterocycles. The van der Waals surface area contributed by atoms with Crippen molar-refractivity contribution >= 4 is 37.6 Å². The van der Waals surface area contributed by atoms with E-state index in [0.717, 1.165) is 4.90 Å². The summed E-state index contributed by atoms with van der Waals surface area (Å²) in [4.78, 5) is 1.02. The van der Waals surface area contributed by atoms with E-state index in [1.807, 2.05) is 12.1 Å². The van der Waals surface area contributed by atoms with Gasteiger partial charge in [-0.1, -0.05) is 0 Å². The topological polar surface area (TPSA) is 0 Å². The zero-order valence-corrected chi connectivity index (χ0v) is 7.68. The van der Waals surface area contributed by atoms with Gasteiger partial charge < -0.3 is 0 Å². The van der Waals surface area contributed by atoms with Crippen molar-refractivity contribution in [2.24, 2.45) is 0 Å². The zero-order chi connectivity index (χ0) is 6.69. The Morgan fingerprint density at radius 3 is 2.22 bits per heavy atom. The fourth-order valence-electron chi connectivity index (χ4n) is 0.558. The molecule has 0 saturated carbocycles. The van der Waals surface area contributed by atoms with E-state index < -0.39 is 0 Å². The van der Waals surface area contributed by atoms with E-state index in [9.17, 15) is 0 Å². The Hall–Kier alpha value is -0.00156. The molecule has 0 aliphatic rings. The summed E-state index contributed by atoms with van der Waals surface area (Å²) in [7, 11) is 0. The molecule has 46 valence electrons. The van der Waals surface area contributed by atoms with Crippen molar-refractivity contribution in [2.45, 2.75) is 4.90 Å². The van der Waals surface area contributed by atoms with Crippen molar-refractivity contribution in [1.29, 1.82) is 0 Å². The van der Waals surface area contributed by atoms with Gasteiger partial charge in [0.05, 0.1) is 0 Å². The molecular formula is C7H7AsS. The van der Waals surface area contributed by atoms with Crippen LogP contribution in [0.25, 0.3) is 0 Å². The second-order valence-electron chi connectivity index (χ2n) is 1.67. The van der Waals surface area contributed by atoms with Gasteiger partial charge in [0.15, 0.2) is 0 Å². The van der Waals surface area contributed by atoms with Crippen LogP contribution in [0.4, 0.5) is 0 Å². The fourth-order valence-corrected chi connectivity index (χ4v) is 1.46. The van der Waals surface area contributed by atoms with Crippen molar-refractivity contribution < 1.29 is 0 Å². The van der Waals surface area contributed by atoms with E-state index >= 15 is 0 Å². The second kappa shape index (κ2) is 3.24.